The van der Waals surface area contributed by atoms with Crippen LogP contribution in [0.1, 0.15) is 22.6 Å². The number of hydrogen-bond donors (Lipinski definition) is 0. The van der Waals surface area contributed by atoms with Crippen LogP contribution in [0.15, 0.2) is 95.6 Å². The molecule has 1 aliphatic carbocycles. The maximum absolute atomic E-state index is 4.65. The molecule has 0 N–H and O–H groups in total. The molecule has 1 nitrogen and oxygen atoms in total. The van der Waals surface area contributed by atoms with Crippen LogP contribution in [-0.4, -0.2) is 4.98 Å². The van der Waals surface area contributed by atoms with Gasteiger partial charge in [0.05, 0.1) is 5.69 Å². The van der Waals surface area contributed by atoms with Crippen LogP contribution >= 0.6 is 15.9 Å². The molecule has 0 saturated carbocycles. The summed E-state index contributed by atoms with van der Waals surface area (Å²) in [5.41, 5.74) is 8.89. The molecular weight excluding hydrogens is 382 g/mol. The van der Waals surface area contributed by atoms with Gasteiger partial charge in [0.2, 0.25) is 0 Å². The lowest BCUT2D eigenvalue weighted by Gasteiger charge is -2.18. The van der Waals surface area contributed by atoms with Crippen molar-refractivity contribution in [1.29, 1.82) is 0 Å². The number of halogens is 1. The summed E-state index contributed by atoms with van der Waals surface area (Å²) in [4.78, 5) is 4.65. The topological polar surface area (TPSA) is 12.9 Å². The van der Waals surface area contributed by atoms with Crippen LogP contribution in [-0.2, 0) is 0 Å². The van der Waals surface area contributed by atoms with Gasteiger partial charge in [0.15, 0.2) is 0 Å². The molecule has 124 valence electrons. The van der Waals surface area contributed by atoms with E-state index in [9.17, 15) is 0 Å². The predicted molar refractivity (Wildman–Crippen MR) is 110 cm³/mol. The molecule has 0 aliphatic heterocycles. The summed E-state index contributed by atoms with van der Waals surface area (Å²) in [6.45, 7) is 0. The van der Waals surface area contributed by atoms with Crippen LogP contribution in [0.25, 0.3) is 22.4 Å². The smallest absolute Gasteiger partial charge is 0.0716 e. The molecule has 4 aromatic rings. The number of hydrogen-bond acceptors (Lipinski definition) is 1. The Labute approximate surface area is 161 Å². The first-order valence-corrected chi connectivity index (χ1v) is 9.51. The van der Waals surface area contributed by atoms with Crippen LogP contribution in [0.5, 0.6) is 0 Å². The van der Waals surface area contributed by atoms with Gasteiger partial charge in [-0.05, 0) is 39.9 Å². The molecule has 26 heavy (non-hydrogen) atoms. The number of benzene rings is 3. The molecule has 0 fully saturated rings. The molecule has 3 aromatic carbocycles. The Kier molecular flexibility index (Phi) is 3.72. The second-order valence-electron chi connectivity index (χ2n) is 6.56. The van der Waals surface area contributed by atoms with Crippen molar-refractivity contribution in [3.8, 4) is 22.4 Å². The fourth-order valence-corrected chi connectivity index (χ4v) is 4.36. The molecule has 2 heteroatoms. The normalized spacial score (nSPS) is 14.7. The second kappa shape index (κ2) is 6.22. The minimum Gasteiger partial charge on any atom is -0.256 e. The lowest BCUT2D eigenvalue weighted by atomic mass is 9.86. The van der Waals surface area contributed by atoms with Gasteiger partial charge in [0.25, 0.3) is 0 Å². The Balaban J connectivity index is 1.82. The van der Waals surface area contributed by atoms with Crippen molar-refractivity contribution in [3.63, 3.8) is 0 Å². The van der Waals surface area contributed by atoms with E-state index in [1.54, 1.807) is 0 Å². The van der Waals surface area contributed by atoms with Crippen molar-refractivity contribution >= 4 is 15.9 Å². The summed E-state index contributed by atoms with van der Waals surface area (Å²) in [5.74, 6) is 0.236. The van der Waals surface area contributed by atoms with Crippen LogP contribution in [0, 0.1) is 0 Å². The fourth-order valence-electron chi connectivity index (χ4n) is 4.03. The van der Waals surface area contributed by atoms with Crippen LogP contribution in [0.3, 0.4) is 0 Å². The van der Waals surface area contributed by atoms with Gasteiger partial charge in [-0.15, -0.1) is 0 Å². The first-order valence-electron chi connectivity index (χ1n) is 8.72. The largest absolute Gasteiger partial charge is 0.256 e. The van der Waals surface area contributed by atoms with Crippen LogP contribution in [0.4, 0.5) is 0 Å². The van der Waals surface area contributed by atoms with Gasteiger partial charge in [-0.1, -0.05) is 88.7 Å². The Morgan fingerprint density at radius 3 is 2.27 bits per heavy atom. The minimum atomic E-state index is 0.236. The third-order valence-electron chi connectivity index (χ3n) is 5.09. The van der Waals surface area contributed by atoms with Crippen molar-refractivity contribution in [2.75, 3.05) is 0 Å². The van der Waals surface area contributed by atoms with E-state index in [2.05, 4.69) is 99.8 Å². The first kappa shape index (κ1) is 15.5. The summed E-state index contributed by atoms with van der Waals surface area (Å²) in [5, 5.41) is 0. The molecule has 1 atom stereocenters. The molecule has 5 rings (SSSR count). The fraction of sp³-hybridized carbons (Fsp3) is 0.0417. The molecule has 1 aromatic heterocycles. The van der Waals surface area contributed by atoms with Crippen LogP contribution in [0.2, 0.25) is 0 Å². The molecule has 0 bridgehead atoms. The van der Waals surface area contributed by atoms with Gasteiger partial charge >= 0.3 is 0 Å². The van der Waals surface area contributed by atoms with Crippen molar-refractivity contribution < 1.29 is 0 Å². The molecule has 0 amide bonds. The molecule has 0 radical (unpaired) electrons. The van der Waals surface area contributed by atoms with Gasteiger partial charge in [-0.2, -0.15) is 0 Å². The number of pyridine rings is 1. The maximum Gasteiger partial charge on any atom is 0.0716 e. The quantitative estimate of drug-likeness (QED) is 0.324. The third kappa shape index (κ3) is 2.41. The number of rotatable bonds is 2. The van der Waals surface area contributed by atoms with E-state index >= 15 is 0 Å². The highest BCUT2D eigenvalue weighted by Crippen LogP contribution is 2.51. The highest BCUT2D eigenvalue weighted by Gasteiger charge is 2.32. The van der Waals surface area contributed by atoms with Crippen molar-refractivity contribution in [2.45, 2.75) is 5.92 Å². The SMILES string of the molecule is Brc1ccnc(-c2cccc3c2C(c2ccccc2)c2ccccc2-3)c1. The summed E-state index contributed by atoms with van der Waals surface area (Å²) in [6, 6.07) is 30.1. The van der Waals surface area contributed by atoms with E-state index in [-0.39, 0.29) is 5.92 Å². The first-order chi connectivity index (χ1) is 12.8. The van der Waals surface area contributed by atoms with Crippen molar-refractivity contribution in [3.05, 3.63) is 112 Å². The lowest BCUT2D eigenvalue weighted by Crippen LogP contribution is -2.01. The van der Waals surface area contributed by atoms with E-state index in [0.717, 1.165) is 10.2 Å². The van der Waals surface area contributed by atoms with Gasteiger partial charge in [-0.3, -0.25) is 4.98 Å². The van der Waals surface area contributed by atoms with E-state index in [0.29, 0.717) is 0 Å². The molecule has 1 heterocycles. The highest BCUT2D eigenvalue weighted by molar-refractivity contribution is 9.10. The van der Waals surface area contributed by atoms with Crippen LogP contribution < -0.4 is 0 Å². The molecule has 1 unspecified atom stereocenters. The van der Waals surface area contributed by atoms with Crippen molar-refractivity contribution in [1.82, 2.24) is 4.98 Å². The molecular formula is C24H16BrN. The summed E-state index contributed by atoms with van der Waals surface area (Å²) >= 11 is 3.59. The summed E-state index contributed by atoms with van der Waals surface area (Å²) in [6.07, 6.45) is 1.86. The maximum atomic E-state index is 4.65. The van der Waals surface area contributed by atoms with E-state index in [4.69, 9.17) is 0 Å². The highest BCUT2D eigenvalue weighted by atomic mass is 79.9. The zero-order valence-electron chi connectivity index (χ0n) is 14.1. The van der Waals surface area contributed by atoms with E-state index in [1.807, 2.05) is 12.3 Å². The number of fused-ring (bicyclic) bond motifs is 3. The number of aromatic nitrogens is 1. The zero-order valence-corrected chi connectivity index (χ0v) is 15.6. The molecule has 0 spiro atoms. The van der Waals surface area contributed by atoms with Gasteiger partial charge < -0.3 is 0 Å². The van der Waals surface area contributed by atoms with Gasteiger partial charge in [0, 0.05) is 22.2 Å². The Morgan fingerprint density at radius 1 is 0.692 bits per heavy atom. The van der Waals surface area contributed by atoms with E-state index < -0.39 is 0 Å². The lowest BCUT2D eigenvalue weighted by molar-refractivity contribution is 1.01. The van der Waals surface area contributed by atoms with Gasteiger partial charge in [0.1, 0.15) is 0 Å². The average Bonchev–Trinajstić information content (AvgIpc) is 3.03. The van der Waals surface area contributed by atoms with Crippen molar-refractivity contribution in [2.24, 2.45) is 0 Å². The van der Waals surface area contributed by atoms with Gasteiger partial charge in [-0.25, -0.2) is 0 Å². The predicted octanol–water partition coefficient (Wildman–Crippen LogP) is 6.67. The Morgan fingerprint density at radius 2 is 1.42 bits per heavy atom. The summed E-state index contributed by atoms with van der Waals surface area (Å²) < 4.78 is 1.05. The molecule has 0 saturated heterocycles. The molecule has 1 aliphatic rings. The third-order valence-corrected chi connectivity index (χ3v) is 5.58. The second-order valence-corrected chi connectivity index (χ2v) is 7.47. The van der Waals surface area contributed by atoms with E-state index in [1.165, 1.54) is 33.4 Å². The minimum absolute atomic E-state index is 0.236. The summed E-state index contributed by atoms with van der Waals surface area (Å²) in [7, 11) is 0. The Bertz CT molecular complexity index is 1100. The monoisotopic (exact) mass is 397 g/mol. The zero-order chi connectivity index (χ0) is 17.5. The number of nitrogens with zero attached hydrogens (tertiary/aromatic N) is 1. The Hall–Kier alpha value is -2.71. The average molecular weight is 398 g/mol. The standard InChI is InChI=1S/C24H16BrN/c25-17-13-14-26-22(15-17)21-12-6-11-20-18-9-4-5-10-19(18)23(24(20)21)16-7-2-1-3-8-16/h1-15,23H.